The van der Waals surface area contributed by atoms with E-state index in [1.54, 1.807) is 17.7 Å². The summed E-state index contributed by atoms with van der Waals surface area (Å²) in [5, 5.41) is 13.6. The fraction of sp³-hybridized carbons (Fsp3) is 0.545. The average Bonchev–Trinajstić information content (AvgIpc) is 2.85. The van der Waals surface area contributed by atoms with Gasteiger partial charge in [0.1, 0.15) is 11.3 Å². The first-order valence-corrected chi connectivity index (χ1v) is 6.46. The van der Waals surface area contributed by atoms with Crippen LogP contribution >= 0.6 is 11.3 Å². The molecule has 2 aromatic rings. The minimum absolute atomic E-state index is 0.458. The summed E-state index contributed by atoms with van der Waals surface area (Å²) in [6.07, 6.45) is 1.80. The minimum atomic E-state index is 0.458. The van der Waals surface area contributed by atoms with E-state index in [9.17, 15) is 0 Å². The fourth-order valence-corrected chi connectivity index (χ4v) is 2.21. The van der Waals surface area contributed by atoms with Gasteiger partial charge in [0.05, 0.1) is 5.69 Å². The molecule has 0 fully saturated rings. The Bertz CT molecular complexity index is 500. The molecule has 0 bridgehead atoms. The average molecular weight is 251 g/mol. The second kappa shape index (κ2) is 4.93. The van der Waals surface area contributed by atoms with E-state index < -0.39 is 0 Å². The fourth-order valence-electron chi connectivity index (χ4n) is 1.40. The van der Waals surface area contributed by atoms with Gasteiger partial charge >= 0.3 is 0 Å². The number of aromatic nitrogens is 4. The number of aryl methyl sites for hydroxylation is 1. The van der Waals surface area contributed by atoms with Crippen molar-refractivity contribution < 1.29 is 0 Å². The van der Waals surface area contributed by atoms with Crippen LogP contribution in [-0.4, -0.2) is 25.8 Å². The summed E-state index contributed by atoms with van der Waals surface area (Å²) in [5.74, 6) is 0. The van der Waals surface area contributed by atoms with E-state index in [-0.39, 0.29) is 0 Å². The molecule has 2 heterocycles. The highest BCUT2D eigenvalue weighted by Crippen LogP contribution is 2.17. The SMILES string of the molecule is Cc1ncn(-c2nnc(CNC(C)C)s2)c1C. The van der Waals surface area contributed by atoms with E-state index in [2.05, 4.69) is 34.3 Å². The Morgan fingerprint density at radius 2 is 2.12 bits per heavy atom. The topological polar surface area (TPSA) is 55.6 Å². The number of hydrogen-bond donors (Lipinski definition) is 1. The lowest BCUT2D eigenvalue weighted by Crippen LogP contribution is -2.21. The first kappa shape index (κ1) is 12.2. The smallest absolute Gasteiger partial charge is 0.217 e. The zero-order chi connectivity index (χ0) is 12.4. The lowest BCUT2D eigenvalue weighted by atomic mass is 10.4. The van der Waals surface area contributed by atoms with Gasteiger partial charge in [-0.25, -0.2) is 4.98 Å². The molecule has 1 N–H and O–H groups in total. The largest absolute Gasteiger partial charge is 0.308 e. The molecular formula is C11H17N5S. The maximum Gasteiger partial charge on any atom is 0.217 e. The van der Waals surface area contributed by atoms with Gasteiger partial charge in [0.15, 0.2) is 0 Å². The molecule has 0 saturated carbocycles. The van der Waals surface area contributed by atoms with E-state index >= 15 is 0 Å². The first-order valence-electron chi connectivity index (χ1n) is 5.64. The molecule has 92 valence electrons. The molecule has 0 aliphatic heterocycles. The molecule has 0 radical (unpaired) electrons. The summed E-state index contributed by atoms with van der Waals surface area (Å²) in [5.41, 5.74) is 2.14. The van der Waals surface area contributed by atoms with E-state index in [0.29, 0.717) is 6.04 Å². The monoisotopic (exact) mass is 251 g/mol. The summed E-state index contributed by atoms with van der Waals surface area (Å²) in [4.78, 5) is 4.26. The maximum atomic E-state index is 4.26. The van der Waals surface area contributed by atoms with Crippen LogP contribution in [0, 0.1) is 13.8 Å². The molecule has 6 heteroatoms. The Hall–Kier alpha value is -1.27. The Morgan fingerprint density at radius 1 is 1.35 bits per heavy atom. The van der Waals surface area contributed by atoms with Crippen molar-refractivity contribution in [2.24, 2.45) is 0 Å². The minimum Gasteiger partial charge on any atom is -0.308 e. The molecule has 0 spiro atoms. The summed E-state index contributed by atoms with van der Waals surface area (Å²) < 4.78 is 1.98. The van der Waals surface area contributed by atoms with E-state index in [4.69, 9.17) is 0 Å². The number of rotatable bonds is 4. The van der Waals surface area contributed by atoms with Crippen LogP contribution in [0.15, 0.2) is 6.33 Å². The third kappa shape index (κ3) is 2.70. The number of nitrogens with zero attached hydrogens (tertiary/aromatic N) is 4. The lowest BCUT2D eigenvalue weighted by molar-refractivity contribution is 0.584. The Morgan fingerprint density at radius 3 is 2.71 bits per heavy atom. The Kier molecular flexibility index (Phi) is 3.54. The highest BCUT2D eigenvalue weighted by atomic mass is 32.1. The molecular weight excluding hydrogens is 234 g/mol. The zero-order valence-corrected chi connectivity index (χ0v) is 11.4. The summed E-state index contributed by atoms with van der Waals surface area (Å²) in [6, 6.07) is 0.458. The molecule has 0 aromatic carbocycles. The lowest BCUT2D eigenvalue weighted by Gasteiger charge is -2.03. The van der Waals surface area contributed by atoms with Gasteiger partial charge in [-0.2, -0.15) is 0 Å². The zero-order valence-electron chi connectivity index (χ0n) is 10.6. The second-order valence-electron chi connectivity index (χ2n) is 4.30. The van der Waals surface area contributed by atoms with Crippen molar-refractivity contribution in [3.8, 4) is 5.13 Å². The van der Waals surface area contributed by atoms with Crippen LogP contribution < -0.4 is 5.32 Å². The number of imidazole rings is 1. The predicted molar refractivity (Wildman–Crippen MR) is 68.5 cm³/mol. The van der Waals surface area contributed by atoms with E-state index in [1.807, 2.05) is 18.4 Å². The van der Waals surface area contributed by atoms with Gasteiger partial charge in [0, 0.05) is 18.3 Å². The summed E-state index contributed by atoms with van der Waals surface area (Å²) in [7, 11) is 0. The quantitative estimate of drug-likeness (QED) is 0.901. The highest BCUT2D eigenvalue weighted by molar-refractivity contribution is 7.13. The first-order chi connectivity index (χ1) is 8.08. The van der Waals surface area contributed by atoms with Crippen LogP contribution in [0.2, 0.25) is 0 Å². The molecule has 0 aliphatic rings. The van der Waals surface area contributed by atoms with Crippen molar-refractivity contribution in [3.05, 3.63) is 22.7 Å². The third-order valence-electron chi connectivity index (χ3n) is 2.58. The summed E-state index contributed by atoms with van der Waals surface area (Å²) >= 11 is 1.59. The molecule has 2 rings (SSSR count). The van der Waals surface area contributed by atoms with Crippen molar-refractivity contribution in [1.29, 1.82) is 0 Å². The van der Waals surface area contributed by atoms with Crippen molar-refractivity contribution in [1.82, 2.24) is 25.1 Å². The standard InChI is InChI=1S/C11H17N5S/c1-7(2)12-5-10-14-15-11(17-10)16-6-13-8(3)9(16)4/h6-7,12H,5H2,1-4H3. The van der Waals surface area contributed by atoms with Crippen molar-refractivity contribution in [2.75, 3.05) is 0 Å². The van der Waals surface area contributed by atoms with Crippen LogP contribution in [0.5, 0.6) is 0 Å². The van der Waals surface area contributed by atoms with Gasteiger partial charge in [-0.05, 0) is 13.8 Å². The predicted octanol–water partition coefficient (Wildman–Crippen LogP) is 1.84. The molecule has 0 atom stereocenters. The van der Waals surface area contributed by atoms with Crippen molar-refractivity contribution >= 4 is 11.3 Å². The molecule has 0 aliphatic carbocycles. The maximum absolute atomic E-state index is 4.26. The Balaban J connectivity index is 2.15. The van der Waals surface area contributed by atoms with Crippen LogP contribution in [-0.2, 0) is 6.54 Å². The van der Waals surface area contributed by atoms with E-state index in [0.717, 1.165) is 28.1 Å². The van der Waals surface area contributed by atoms with E-state index in [1.165, 1.54) is 0 Å². The number of hydrogen-bond acceptors (Lipinski definition) is 5. The molecule has 0 saturated heterocycles. The summed E-state index contributed by atoms with van der Waals surface area (Å²) in [6.45, 7) is 9.03. The van der Waals surface area contributed by atoms with Crippen molar-refractivity contribution in [3.63, 3.8) is 0 Å². The normalized spacial score (nSPS) is 11.4. The van der Waals surface area contributed by atoms with Crippen LogP contribution in [0.3, 0.4) is 0 Å². The Labute approximate surface area is 105 Å². The van der Waals surface area contributed by atoms with Gasteiger partial charge in [-0.1, -0.05) is 25.2 Å². The van der Waals surface area contributed by atoms with Crippen LogP contribution in [0.25, 0.3) is 5.13 Å². The second-order valence-corrected chi connectivity index (χ2v) is 5.34. The van der Waals surface area contributed by atoms with Gasteiger partial charge in [-0.3, -0.25) is 4.57 Å². The molecule has 17 heavy (non-hydrogen) atoms. The van der Waals surface area contributed by atoms with Gasteiger partial charge in [-0.15, -0.1) is 10.2 Å². The van der Waals surface area contributed by atoms with Crippen LogP contribution in [0.1, 0.15) is 30.2 Å². The third-order valence-corrected chi connectivity index (χ3v) is 3.50. The van der Waals surface area contributed by atoms with Crippen molar-refractivity contribution in [2.45, 2.75) is 40.3 Å². The highest BCUT2D eigenvalue weighted by Gasteiger charge is 2.10. The van der Waals surface area contributed by atoms with Gasteiger partial charge in [0.25, 0.3) is 0 Å². The molecule has 2 aromatic heterocycles. The van der Waals surface area contributed by atoms with Gasteiger partial charge < -0.3 is 5.32 Å². The van der Waals surface area contributed by atoms with Gasteiger partial charge in [0.2, 0.25) is 5.13 Å². The number of nitrogens with one attached hydrogen (secondary N) is 1. The molecule has 0 unspecified atom stereocenters. The van der Waals surface area contributed by atoms with Crippen LogP contribution in [0.4, 0.5) is 0 Å². The molecule has 5 nitrogen and oxygen atoms in total. The molecule has 0 amide bonds.